The number of carbonyl (C=O) groups is 1. The quantitative estimate of drug-likeness (QED) is 0.820. The summed E-state index contributed by atoms with van der Waals surface area (Å²) < 4.78 is 0. The van der Waals surface area contributed by atoms with Gasteiger partial charge in [-0.3, -0.25) is 4.79 Å². The molecule has 2 rings (SSSR count). The molecule has 104 valence electrons. The number of hydrogen-bond acceptors (Lipinski definition) is 4. The number of aliphatic carboxylic acids is 1. The standard InChI is InChI=1S/C14H21N3O2/c1-9-8-13(16-10(2)15-9)17-12-7-5-3-4-6-11(12)14(18)19/h8,11-12H,3-7H2,1-2H3,(H,18,19)(H,15,16,17). The average Bonchev–Trinajstić information content (AvgIpc) is 2.53. The van der Waals surface area contributed by atoms with E-state index in [2.05, 4.69) is 15.3 Å². The van der Waals surface area contributed by atoms with Gasteiger partial charge in [0.2, 0.25) is 0 Å². The van der Waals surface area contributed by atoms with Gasteiger partial charge in [0.1, 0.15) is 11.6 Å². The largest absolute Gasteiger partial charge is 0.481 e. The molecule has 1 aliphatic rings. The van der Waals surface area contributed by atoms with E-state index in [0.29, 0.717) is 5.82 Å². The van der Waals surface area contributed by atoms with Crippen LogP contribution in [0.1, 0.15) is 43.6 Å². The van der Waals surface area contributed by atoms with Crippen LogP contribution in [0.25, 0.3) is 0 Å². The zero-order valence-corrected chi connectivity index (χ0v) is 11.5. The minimum Gasteiger partial charge on any atom is -0.481 e. The van der Waals surface area contributed by atoms with E-state index in [9.17, 15) is 9.90 Å². The van der Waals surface area contributed by atoms with E-state index in [4.69, 9.17) is 0 Å². The average molecular weight is 263 g/mol. The predicted molar refractivity (Wildman–Crippen MR) is 73.1 cm³/mol. The smallest absolute Gasteiger partial charge is 0.308 e. The van der Waals surface area contributed by atoms with E-state index in [1.165, 1.54) is 0 Å². The molecule has 0 amide bonds. The van der Waals surface area contributed by atoms with Gasteiger partial charge in [-0.05, 0) is 26.7 Å². The SMILES string of the molecule is Cc1cc(NC2CCCCCC2C(=O)O)nc(C)n1. The van der Waals surface area contributed by atoms with Gasteiger partial charge in [0, 0.05) is 17.8 Å². The van der Waals surface area contributed by atoms with Gasteiger partial charge in [0.05, 0.1) is 5.92 Å². The molecule has 0 bridgehead atoms. The number of anilines is 1. The molecule has 19 heavy (non-hydrogen) atoms. The summed E-state index contributed by atoms with van der Waals surface area (Å²) >= 11 is 0. The zero-order chi connectivity index (χ0) is 13.8. The summed E-state index contributed by atoms with van der Waals surface area (Å²) in [6.07, 6.45) is 4.82. The molecular weight excluding hydrogens is 242 g/mol. The molecule has 5 nitrogen and oxygen atoms in total. The molecule has 0 spiro atoms. The fraction of sp³-hybridized carbons (Fsp3) is 0.643. The Bertz CT molecular complexity index is 442. The number of carboxylic acid groups (broad SMARTS) is 1. The number of carboxylic acids is 1. The number of nitrogens with zero attached hydrogens (tertiary/aromatic N) is 2. The van der Waals surface area contributed by atoms with E-state index in [-0.39, 0.29) is 12.0 Å². The third kappa shape index (κ3) is 3.66. The van der Waals surface area contributed by atoms with Crippen molar-refractivity contribution in [3.63, 3.8) is 0 Å². The van der Waals surface area contributed by atoms with E-state index < -0.39 is 5.97 Å². The maximum atomic E-state index is 11.4. The Morgan fingerprint density at radius 1 is 1.26 bits per heavy atom. The zero-order valence-electron chi connectivity index (χ0n) is 11.5. The Labute approximate surface area is 113 Å². The van der Waals surface area contributed by atoms with Gasteiger partial charge in [-0.2, -0.15) is 0 Å². The Kier molecular flexibility index (Phi) is 4.35. The van der Waals surface area contributed by atoms with Crippen molar-refractivity contribution >= 4 is 11.8 Å². The van der Waals surface area contributed by atoms with Crippen molar-refractivity contribution in [2.75, 3.05) is 5.32 Å². The van der Waals surface area contributed by atoms with Crippen LogP contribution >= 0.6 is 0 Å². The second kappa shape index (κ2) is 5.99. The summed E-state index contributed by atoms with van der Waals surface area (Å²) in [6, 6.07) is 1.84. The van der Waals surface area contributed by atoms with Crippen molar-refractivity contribution in [3.8, 4) is 0 Å². The van der Waals surface area contributed by atoms with Crippen molar-refractivity contribution in [2.24, 2.45) is 5.92 Å². The minimum atomic E-state index is -0.707. The highest BCUT2D eigenvalue weighted by molar-refractivity contribution is 5.71. The first-order valence-corrected chi connectivity index (χ1v) is 6.88. The Morgan fingerprint density at radius 3 is 2.68 bits per heavy atom. The number of aromatic nitrogens is 2. The summed E-state index contributed by atoms with van der Waals surface area (Å²) in [5.41, 5.74) is 0.899. The fourth-order valence-corrected chi connectivity index (χ4v) is 2.76. The molecule has 0 aromatic carbocycles. The van der Waals surface area contributed by atoms with Gasteiger partial charge in [-0.1, -0.05) is 19.3 Å². The summed E-state index contributed by atoms with van der Waals surface area (Å²) in [6.45, 7) is 3.77. The first-order valence-electron chi connectivity index (χ1n) is 6.88. The van der Waals surface area contributed by atoms with Crippen LogP contribution in [0.3, 0.4) is 0 Å². The summed E-state index contributed by atoms with van der Waals surface area (Å²) in [5, 5.41) is 12.7. The third-order valence-electron chi connectivity index (χ3n) is 3.63. The molecule has 1 fully saturated rings. The second-order valence-electron chi connectivity index (χ2n) is 5.28. The highest BCUT2D eigenvalue weighted by atomic mass is 16.4. The van der Waals surface area contributed by atoms with Crippen LogP contribution in [-0.2, 0) is 4.79 Å². The van der Waals surface area contributed by atoms with Crippen molar-refractivity contribution < 1.29 is 9.90 Å². The molecule has 0 saturated heterocycles. The molecule has 1 aliphatic carbocycles. The van der Waals surface area contributed by atoms with E-state index >= 15 is 0 Å². The van der Waals surface area contributed by atoms with Crippen molar-refractivity contribution in [3.05, 3.63) is 17.6 Å². The molecule has 1 saturated carbocycles. The first kappa shape index (κ1) is 13.8. The van der Waals surface area contributed by atoms with Gasteiger partial charge in [-0.15, -0.1) is 0 Å². The van der Waals surface area contributed by atoms with E-state index in [0.717, 1.165) is 43.6 Å². The topological polar surface area (TPSA) is 75.1 Å². The Hall–Kier alpha value is -1.65. The van der Waals surface area contributed by atoms with Crippen molar-refractivity contribution in [2.45, 2.75) is 52.0 Å². The molecule has 0 radical (unpaired) electrons. The fourth-order valence-electron chi connectivity index (χ4n) is 2.76. The number of hydrogen-bond donors (Lipinski definition) is 2. The first-order chi connectivity index (χ1) is 9.06. The lowest BCUT2D eigenvalue weighted by atomic mass is 9.95. The summed E-state index contributed by atoms with van der Waals surface area (Å²) in [5.74, 6) is 0.422. The van der Waals surface area contributed by atoms with Crippen LogP contribution in [-0.4, -0.2) is 27.1 Å². The van der Waals surface area contributed by atoms with Gasteiger partial charge in [0.15, 0.2) is 0 Å². The lowest BCUT2D eigenvalue weighted by Crippen LogP contribution is -2.34. The molecule has 1 aromatic heterocycles. The van der Waals surface area contributed by atoms with E-state index in [1.807, 2.05) is 19.9 Å². The molecule has 2 atom stereocenters. The van der Waals surface area contributed by atoms with Crippen LogP contribution in [0.4, 0.5) is 5.82 Å². The highest BCUT2D eigenvalue weighted by Gasteiger charge is 2.29. The highest BCUT2D eigenvalue weighted by Crippen LogP contribution is 2.26. The van der Waals surface area contributed by atoms with E-state index in [1.54, 1.807) is 0 Å². The van der Waals surface area contributed by atoms with Crippen LogP contribution in [0.2, 0.25) is 0 Å². The van der Waals surface area contributed by atoms with Crippen molar-refractivity contribution in [1.29, 1.82) is 0 Å². The van der Waals surface area contributed by atoms with Crippen LogP contribution < -0.4 is 5.32 Å². The maximum Gasteiger partial charge on any atom is 0.308 e. The summed E-state index contributed by atoms with van der Waals surface area (Å²) in [4.78, 5) is 19.9. The molecule has 2 N–H and O–H groups in total. The van der Waals surface area contributed by atoms with Gasteiger partial charge < -0.3 is 10.4 Å². The Balaban J connectivity index is 2.15. The monoisotopic (exact) mass is 263 g/mol. The molecule has 2 unspecified atom stereocenters. The molecule has 5 heteroatoms. The second-order valence-corrected chi connectivity index (χ2v) is 5.28. The number of rotatable bonds is 3. The Morgan fingerprint density at radius 2 is 2.00 bits per heavy atom. The normalized spacial score (nSPS) is 23.7. The molecule has 1 heterocycles. The van der Waals surface area contributed by atoms with Gasteiger partial charge >= 0.3 is 5.97 Å². The van der Waals surface area contributed by atoms with Gasteiger partial charge in [0.25, 0.3) is 0 Å². The lowest BCUT2D eigenvalue weighted by Gasteiger charge is -2.23. The molecule has 0 aliphatic heterocycles. The third-order valence-corrected chi connectivity index (χ3v) is 3.63. The van der Waals surface area contributed by atoms with Gasteiger partial charge in [-0.25, -0.2) is 9.97 Å². The predicted octanol–water partition coefficient (Wildman–Crippen LogP) is 2.54. The number of aryl methyl sites for hydroxylation is 2. The molecule has 1 aromatic rings. The number of nitrogens with one attached hydrogen (secondary N) is 1. The minimum absolute atomic E-state index is 0.0336. The van der Waals surface area contributed by atoms with Crippen LogP contribution in [0.15, 0.2) is 6.07 Å². The van der Waals surface area contributed by atoms with Crippen molar-refractivity contribution in [1.82, 2.24) is 9.97 Å². The maximum absolute atomic E-state index is 11.4. The van der Waals surface area contributed by atoms with Crippen LogP contribution in [0, 0.1) is 19.8 Å². The van der Waals surface area contributed by atoms with Crippen LogP contribution in [0.5, 0.6) is 0 Å². The molecular formula is C14H21N3O2. The lowest BCUT2D eigenvalue weighted by molar-refractivity contribution is -0.142. The summed E-state index contributed by atoms with van der Waals surface area (Å²) in [7, 11) is 0.